The summed E-state index contributed by atoms with van der Waals surface area (Å²) in [5.74, 6) is -0.424. The zero-order valence-corrected chi connectivity index (χ0v) is 10.0. The predicted molar refractivity (Wildman–Crippen MR) is 67.7 cm³/mol. The third kappa shape index (κ3) is 2.66. The number of carbonyl (C=O) groups is 1. The van der Waals surface area contributed by atoms with E-state index in [-0.39, 0.29) is 0 Å². The molecule has 6 heteroatoms. The van der Waals surface area contributed by atoms with E-state index in [9.17, 15) is 4.79 Å². The van der Waals surface area contributed by atoms with Crippen molar-refractivity contribution in [1.82, 2.24) is 4.31 Å². The molecule has 0 saturated carbocycles. The van der Waals surface area contributed by atoms with Crippen molar-refractivity contribution in [2.45, 2.75) is 13.8 Å². The van der Waals surface area contributed by atoms with Crippen molar-refractivity contribution in [2.24, 2.45) is 5.73 Å². The highest BCUT2D eigenvalue weighted by Crippen LogP contribution is 2.19. The quantitative estimate of drug-likeness (QED) is 0.342. The van der Waals surface area contributed by atoms with Gasteiger partial charge in [0.1, 0.15) is 0 Å². The van der Waals surface area contributed by atoms with Gasteiger partial charge < -0.3 is 11.1 Å². The summed E-state index contributed by atoms with van der Waals surface area (Å²) in [7, 11) is 0. The fourth-order valence-corrected chi connectivity index (χ4v) is 1.33. The number of guanidine groups is 1. The molecule has 1 aromatic rings. The van der Waals surface area contributed by atoms with E-state index in [1.54, 1.807) is 0 Å². The van der Waals surface area contributed by atoms with Gasteiger partial charge in [0.05, 0.1) is 0 Å². The third-order valence-electron chi connectivity index (χ3n) is 2.13. The summed E-state index contributed by atoms with van der Waals surface area (Å²) in [4.78, 5) is 11.6. The summed E-state index contributed by atoms with van der Waals surface area (Å²) in [6.07, 6.45) is 0. The van der Waals surface area contributed by atoms with Crippen LogP contribution in [0.15, 0.2) is 18.2 Å². The number of aryl methyl sites for hydroxylation is 2. The highest BCUT2D eigenvalue weighted by molar-refractivity contribution is 7.79. The fraction of sp³-hybridized carbons (Fsp3) is 0.200. The molecule has 16 heavy (non-hydrogen) atoms. The fourth-order valence-electron chi connectivity index (χ4n) is 1.28. The van der Waals surface area contributed by atoms with Gasteiger partial charge in [0.25, 0.3) is 0 Å². The molecule has 1 aromatic carbocycles. The zero-order chi connectivity index (χ0) is 12.3. The monoisotopic (exact) mass is 238 g/mol. The lowest BCUT2D eigenvalue weighted by molar-refractivity contribution is 0.247. The second-order valence-corrected chi connectivity index (χ2v) is 3.79. The Labute approximate surface area is 99.7 Å². The third-order valence-corrected chi connectivity index (χ3v) is 2.53. The number of carbonyl (C=O) groups excluding carboxylic acids is 1. The number of thiol groups is 1. The number of para-hydroxylation sites is 1. The molecule has 0 aromatic heterocycles. The Balaban J connectivity index is 2.89. The minimum Gasteiger partial charge on any atom is -0.369 e. The molecule has 86 valence electrons. The van der Waals surface area contributed by atoms with Gasteiger partial charge in [-0.15, -0.1) is 0 Å². The summed E-state index contributed by atoms with van der Waals surface area (Å²) in [5.41, 5.74) is 7.74. The number of nitrogens with one attached hydrogen (secondary N) is 2. The van der Waals surface area contributed by atoms with Gasteiger partial charge in [-0.1, -0.05) is 31.0 Å². The molecule has 5 nitrogen and oxygen atoms in total. The van der Waals surface area contributed by atoms with E-state index in [0.717, 1.165) is 15.4 Å². The molecule has 0 aliphatic carbocycles. The first-order chi connectivity index (χ1) is 7.43. The summed E-state index contributed by atoms with van der Waals surface area (Å²) in [5, 5.41) is 9.72. The normalized spacial score (nSPS) is 9.69. The van der Waals surface area contributed by atoms with Crippen molar-refractivity contribution in [3.8, 4) is 0 Å². The average Bonchev–Trinajstić information content (AvgIpc) is 2.22. The van der Waals surface area contributed by atoms with Gasteiger partial charge in [-0.05, 0) is 25.0 Å². The Bertz CT molecular complexity index is 413. The number of rotatable bonds is 1. The standard InChI is InChI=1S/C10H14N4OS/c1-6-4-3-5-7(2)8(6)13-10(15)14(16)9(11)12/h3-5,16H,1-2H3,(H3,11,12)(H,13,15). The van der Waals surface area contributed by atoms with Crippen LogP contribution in [0.1, 0.15) is 11.1 Å². The number of benzene rings is 1. The first-order valence-electron chi connectivity index (χ1n) is 4.63. The summed E-state index contributed by atoms with van der Waals surface area (Å²) in [6.45, 7) is 3.78. The SMILES string of the molecule is Cc1cccc(C)c1NC(=O)N(S)C(=N)N. The van der Waals surface area contributed by atoms with Crippen LogP contribution in [0.4, 0.5) is 10.5 Å². The number of hydrogen-bond donors (Lipinski definition) is 4. The van der Waals surface area contributed by atoms with Crippen molar-refractivity contribution in [3.63, 3.8) is 0 Å². The van der Waals surface area contributed by atoms with Crippen LogP contribution in [0, 0.1) is 19.3 Å². The van der Waals surface area contributed by atoms with Crippen LogP contribution in [0.25, 0.3) is 0 Å². The van der Waals surface area contributed by atoms with Crippen LogP contribution < -0.4 is 11.1 Å². The highest BCUT2D eigenvalue weighted by Gasteiger charge is 2.14. The van der Waals surface area contributed by atoms with E-state index in [0.29, 0.717) is 5.69 Å². The van der Waals surface area contributed by atoms with Crippen molar-refractivity contribution in [3.05, 3.63) is 29.3 Å². The highest BCUT2D eigenvalue weighted by atomic mass is 32.1. The van der Waals surface area contributed by atoms with Crippen LogP contribution in [0.5, 0.6) is 0 Å². The Morgan fingerprint density at radius 1 is 1.44 bits per heavy atom. The van der Waals surface area contributed by atoms with E-state index < -0.39 is 12.0 Å². The van der Waals surface area contributed by atoms with Gasteiger partial charge in [0, 0.05) is 5.69 Å². The molecule has 0 bridgehead atoms. The van der Waals surface area contributed by atoms with Gasteiger partial charge >= 0.3 is 6.03 Å². The topological polar surface area (TPSA) is 82.2 Å². The largest absolute Gasteiger partial charge is 0.369 e. The first-order valence-corrected chi connectivity index (χ1v) is 5.03. The van der Waals surface area contributed by atoms with Crippen LogP contribution in [-0.4, -0.2) is 16.3 Å². The molecular formula is C10H14N4OS. The zero-order valence-electron chi connectivity index (χ0n) is 9.11. The maximum Gasteiger partial charge on any atom is 0.338 e. The Morgan fingerprint density at radius 3 is 2.38 bits per heavy atom. The van der Waals surface area contributed by atoms with Gasteiger partial charge in [-0.25, -0.2) is 9.10 Å². The molecule has 0 radical (unpaired) electrons. The predicted octanol–water partition coefficient (Wildman–Crippen LogP) is 1.88. The lowest BCUT2D eigenvalue weighted by Gasteiger charge is -2.16. The number of nitrogens with zero attached hydrogens (tertiary/aromatic N) is 1. The molecule has 0 spiro atoms. The number of urea groups is 1. The molecule has 0 aliphatic heterocycles. The maximum atomic E-state index is 11.6. The summed E-state index contributed by atoms with van der Waals surface area (Å²) >= 11 is 3.79. The van der Waals surface area contributed by atoms with Gasteiger partial charge in [0.2, 0.25) is 5.96 Å². The maximum absolute atomic E-state index is 11.6. The molecule has 1 rings (SSSR count). The molecule has 0 fully saturated rings. The lowest BCUT2D eigenvalue weighted by Crippen LogP contribution is -2.37. The van der Waals surface area contributed by atoms with Gasteiger partial charge in [-0.3, -0.25) is 5.41 Å². The molecule has 0 aliphatic rings. The summed E-state index contributed by atoms with van der Waals surface area (Å²) < 4.78 is 0.742. The molecular weight excluding hydrogens is 224 g/mol. The molecule has 0 saturated heterocycles. The Kier molecular flexibility index (Phi) is 3.78. The molecule has 0 unspecified atom stereocenters. The van der Waals surface area contributed by atoms with Gasteiger partial charge in [0.15, 0.2) is 0 Å². The van der Waals surface area contributed by atoms with Crippen LogP contribution in [-0.2, 0) is 0 Å². The van der Waals surface area contributed by atoms with Crippen LogP contribution in [0.3, 0.4) is 0 Å². The molecule has 2 amide bonds. The van der Waals surface area contributed by atoms with Crippen molar-refractivity contribution in [1.29, 1.82) is 5.41 Å². The second-order valence-electron chi connectivity index (χ2n) is 3.39. The molecule has 0 atom stereocenters. The minimum atomic E-state index is -0.548. The minimum absolute atomic E-state index is 0.424. The van der Waals surface area contributed by atoms with Crippen molar-refractivity contribution < 1.29 is 4.79 Å². The van der Waals surface area contributed by atoms with Crippen molar-refractivity contribution >= 4 is 30.5 Å². The first kappa shape index (κ1) is 12.4. The van der Waals surface area contributed by atoms with E-state index in [2.05, 4.69) is 18.1 Å². The molecule has 4 N–H and O–H groups in total. The van der Waals surface area contributed by atoms with Crippen LogP contribution >= 0.6 is 12.8 Å². The van der Waals surface area contributed by atoms with Gasteiger partial charge in [-0.2, -0.15) is 0 Å². The van der Waals surface area contributed by atoms with E-state index in [1.807, 2.05) is 32.0 Å². The van der Waals surface area contributed by atoms with Crippen molar-refractivity contribution in [2.75, 3.05) is 5.32 Å². The number of nitrogens with two attached hydrogens (primary N) is 1. The lowest BCUT2D eigenvalue weighted by atomic mass is 10.1. The Morgan fingerprint density at radius 2 is 1.94 bits per heavy atom. The van der Waals surface area contributed by atoms with E-state index in [4.69, 9.17) is 11.1 Å². The Hall–Kier alpha value is -1.69. The number of anilines is 1. The smallest absolute Gasteiger partial charge is 0.338 e. The molecule has 0 heterocycles. The second kappa shape index (κ2) is 4.89. The number of amides is 2. The number of hydrogen-bond acceptors (Lipinski definition) is 3. The van der Waals surface area contributed by atoms with E-state index >= 15 is 0 Å². The van der Waals surface area contributed by atoms with Crippen LogP contribution in [0.2, 0.25) is 0 Å². The summed E-state index contributed by atoms with van der Waals surface area (Å²) in [6, 6.07) is 5.13. The average molecular weight is 238 g/mol. The van der Waals surface area contributed by atoms with E-state index in [1.165, 1.54) is 0 Å².